The summed E-state index contributed by atoms with van der Waals surface area (Å²) in [6.07, 6.45) is 3.14. The maximum atomic E-state index is 12.8. The molecule has 25 heavy (non-hydrogen) atoms. The molecule has 3 rings (SSSR count). The van der Waals surface area contributed by atoms with Crippen LogP contribution in [0.25, 0.3) is 10.8 Å². The highest BCUT2D eigenvalue weighted by molar-refractivity contribution is 6.12. The van der Waals surface area contributed by atoms with Crippen LogP contribution in [-0.4, -0.2) is 22.6 Å². The van der Waals surface area contributed by atoms with Crippen molar-refractivity contribution in [2.75, 3.05) is 12.4 Å². The fourth-order valence-corrected chi connectivity index (χ4v) is 2.65. The number of nitrogens with one attached hydrogen (secondary N) is 1. The number of rotatable bonds is 4. The lowest BCUT2D eigenvalue weighted by Crippen LogP contribution is -2.25. The minimum absolute atomic E-state index is 0.0497. The van der Waals surface area contributed by atoms with Gasteiger partial charge in [-0.15, -0.1) is 0 Å². The zero-order chi connectivity index (χ0) is 18.0. The van der Waals surface area contributed by atoms with Crippen LogP contribution in [-0.2, 0) is 0 Å². The third-order valence-electron chi connectivity index (χ3n) is 3.95. The van der Waals surface area contributed by atoms with Crippen molar-refractivity contribution >= 4 is 22.4 Å². The number of nitrogens with zero attached hydrogens (tertiary/aromatic N) is 2. The van der Waals surface area contributed by atoms with E-state index < -0.39 is 0 Å². The summed E-state index contributed by atoms with van der Waals surface area (Å²) in [6, 6.07) is 10.5. The molecule has 6 nitrogen and oxygen atoms in total. The molecule has 0 aliphatic carbocycles. The molecule has 1 N–H and O–H groups in total. The fraction of sp³-hybridized carbons (Fsp3) is 0.211. The van der Waals surface area contributed by atoms with Crippen LogP contribution in [0.4, 0.5) is 5.69 Å². The first-order valence-electron chi connectivity index (χ1n) is 7.96. The maximum Gasteiger partial charge on any atom is 0.258 e. The van der Waals surface area contributed by atoms with E-state index in [1.807, 2.05) is 19.9 Å². The molecule has 2 aromatic heterocycles. The van der Waals surface area contributed by atoms with Gasteiger partial charge < -0.3 is 14.6 Å². The van der Waals surface area contributed by atoms with Crippen molar-refractivity contribution in [1.82, 2.24) is 9.55 Å². The Morgan fingerprint density at radius 1 is 1.16 bits per heavy atom. The zero-order valence-corrected chi connectivity index (χ0v) is 14.3. The lowest BCUT2D eigenvalue weighted by atomic mass is 10.1. The molecule has 0 aliphatic heterocycles. The third-order valence-corrected chi connectivity index (χ3v) is 3.95. The summed E-state index contributed by atoms with van der Waals surface area (Å²) in [5.41, 5.74) is 0.894. The van der Waals surface area contributed by atoms with E-state index in [4.69, 9.17) is 4.74 Å². The highest BCUT2D eigenvalue weighted by atomic mass is 16.5. The van der Waals surface area contributed by atoms with Gasteiger partial charge in [0.2, 0.25) is 5.88 Å². The minimum atomic E-state index is -0.294. The summed E-state index contributed by atoms with van der Waals surface area (Å²) in [5.74, 6) is 0.175. The number of anilines is 1. The molecule has 0 fully saturated rings. The van der Waals surface area contributed by atoms with E-state index in [9.17, 15) is 9.59 Å². The van der Waals surface area contributed by atoms with Gasteiger partial charge in [-0.05, 0) is 26.0 Å². The van der Waals surface area contributed by atoms with Crippen LogP contribution in [0.5, 0.6) is 5.88 Å². The maximum absolute atomic E-state index is 12.8. The molecular weight excluding hydrogens is 318 g/mol. The number of ether oxygens (including phenoxy) is 1. The Morgan fingerprint density at radius 2 is 1.88 bits per heavy atom. The topological polar surface area (TPSA) is 73.2 Å². The van der Waals surface area contributed by atoms with Crippen LogP contribution >= 0.6 is 0 Å². The number of hydrogen-bond donors (Lipinski definition) is 1. The molecule has 6 heteroatoms. The number of amides is 1. The molecular formula is C19H19N3O3. The zero-order valence-electron chi connectivity index (χ0n) is 14.3. The monoisotopic (exact) mass is 337 g/mol. The number of hydrogen-bond acceptors (Lipinski definition) is 4. The van der Waals surface area contributed by atoms with Crippen molar-refractivity contribution < 1.29 is 9.53 Å². The summed E-state index contributed by atoms with van der Waals surface area (Å²) in [4.78, 5) is 29.4. The number of carbonyl (C=O) groups is 1. The Labute approximate surface area is 145 Å². The smallest absolute Gasteiger partial charge is 0.258 e. The van der Waals surface area contributed by atoms with Crippen LogP contribution in [0.15, 0.2) is 53.6 Å². The quantitative estimate of drug-likeness (QED) is 0.793. The number of carbonyl (C=O) groups excluding carboxylic acids is 1. The second kappa shape index (κ2) is 6.76. The van der Waals surface area contributed by atoms with Gasteiger partial charge in [0.25, 0.3) is 11.5 Å². The van der Waals surface area contributed by atoms with Crippen molar-refractivity contribution in [3.05, 3.63) is 64.7 Å². The first kappa shape index (κ1) is 16.7. The first-order valence-corrected chi connectivity index (χ1v) is 7.96. The van der Waals surface area contributed by atoms with Crippen LogP contribution in [0.3, 0.4) is 0 Å². The van der Waals surface area contributed by atoms with E-state index in [0.717, 1.165) is 0 Å². The van der Waals surface area contributed by atoms with Gasteiger partial charge in [-0.1, -0.05) is 18.2 Å². The van der Waals surface area contributed by atoms with Crippen LogP contribution < -0.4 is 15.6 Å². The van der Waals surface area contributed by atoms with Gasteiger partial charge in [0.1, 0.15) is 0 Å². The van der Waals surface area contributed by atoms with Gasteiger partial charge in [-0.3, -0.25) is 9.59 Å². The van der Waals surface area contributed by atoms with Gasteiger partial charge in [0.15, 0.2) is 0 Å². The van der Waals surface area contributed by atoms with Crippen LogP contribution in [0, 0.1) is 0 Å². The molecule has 0 saturated heterocycles. The highest BCUT2D eigenvalue weighted by Gasteiger charge is 2.16. The van der Waals surface area contributed by atoms with E-state index in [2.05, 4.69) is 10.3 Å². The highest BCUT2D eigenvalue weighted by Crippen LogP contribution is 2.19. The molecule has 0 spiro atoms. The Kier molecular flexibility index (Phi) is 4.52. The average molecular weight is 337 g/mol. The van der Waals surface area contributed by atoms with Gasteiger partial charge in [0.05, 0.1) is 24.6 Å². The molecule has 0 bridgehead atoms. The molecule has 3 aromatic rings. The number of pyridine rings is 2. The molecule has 1 aromatic carbocycles. The molecule has 0 saturated carbocycles. The first-order chi connectivity index (χ1) is 12.0. The average Bonchev–Trinajstić information content (AvgIpc) is 2.62. The Balaban J connectivity index is 2.05. The van der Waals surface area contributed by atoms with Crippen LogP contribution in [0.2, 0.25) is 0 Å². The lowest BCUT2D eigenvalue weighted by molar-refractivity contribution is 0.102. The van der Waals surface area contributed by atoms with Crippen molar-refractivity contribution in [3.63, 3.8) is 0 Å². The van der Waals surface area contributed by atoms with Crippen molar-refractivity contribution in [2.45, 2.75) is 19.9 Å². The molecule has 2 heterocycles. The van der Waals surface area contributed by atoms with E-state index in [0.29, 0.717) is 27.9 Å². The predicted molar refractivity (Wildman–Crippen MR) is 97.3 cm³/mol. The molecule has 128 valence electrons. The largest absolute Gasteiger partial charge is 0.481 e. The van der Waals surface area contributed by atoms with Crippen molar-refractivity contribution in [2.24, 2.45) is 0 Å². The normalized spacial score (nSPS) is 10.9. The second-order valence-corrected chi connectivity index (χ2v) is 5.94. The number of fused-ring (bicyclic) bond motifs is 1. The lowest BCUT2D eigenvalue weighted by Gasteiger charge is -2.15. The van der Waals surface area contributed by atoms with Crippen molar-refractivity contribution in [3.8, 4) is 5.88 Å². The van der Waals surface area contributed by atoms with Gasteiger partial charge in [0, 0.05) is 29.1 Å². The number of aromatic nitrogens is 2. The van der Waals surface area contributed by atoms with E-state index >= 15 is 0 Å². The Hall–Kier alpha value is -3.15. The summed E-state index contributed by atoms with van der Waals surface area (Å²) in [6.45, 7) is 3.82. The summed E-state index contributed by atoms with van der Waals surface area (Å²) in [7, 11) is 1.53. The van der Waals surface area contributed by atoms with E-state index in [1.54, 1.807) is 41.1 Å². The summed E-state index contributed by atoms with van der Waals surface area (Å²) >= 11 is 0. The molecule has 0 aliphatic rings. The van der Waals surface area contributed by atoms with E-state index in [1.165, 1.54) is 13.3 Å². The third kappa shape index (κ3) is 3.24. The fourth-order valence-electron chi connectivity index (χ4n) is 2.65. The van der Waals surface area contributed by atoms with Crippen molar-refractivity contribution in [1.29, 1.82) is 0 Å². The molecule has 0 unspecified atom stereocenters. The van der Waals surface area contributed by atoms with Gasteiger partial charge in [-0.25, -0.2) is 4.98 Å². The molecule has 1 amide bonds. The van der Waals surface area contributed by atoms with E-state index in [-0.39, 0.29) is 17.5 Å². The Bertz CT molecular complexity index is 975. The minimum Gasteiger partial charge on any atom is -0.481 e. The van der Waals surface area contributed by atoms with Gasteiger partial charge >= 0.3 is 0 Å². The summed E-state index contributed by atoms with van der Waals surface area (Å²) < 4.78 is 6.58. The predicted octanol–water partition coefficient (Wildman–Crippen LogP) is 3.24. The number of benzene rings is 1. The second-order valence-electron chi connectivity index (χ2n) is 5.94. The van der Waals surface area contributed by atoms with Crippen LogP contribution in [0.1, 0.15) is 30.2 Å². The number of methoxy groups -OCH3 is 1. The SMILES string of the molecule is COc1ccc(NC(=O)c2cn(C(C)C)c(=O)c3ccccc23)cn1. The molecule has 0 atom stereocenters. The summed E-state index contributed by atoms with van der Waals surface area (Å²) in [5, 5.41) is 3.97. The standard InChI is InChI=1S/C19H19N3O3/c1-12(2)22-11-16(14-6-4-5-7-15(14)19(22)24)18(23)21-13-8-9-17(25-3)20-10-13/h4-12H,1-3H3,(H,21,23). The Morgan fingerprint density at radius 3 is 2.48 bits per heavy atom. The molecule has 0 radical (unpaired) electrons. The van der Waals surface area contributed by atoms with Gasteiger partial charge in [-0.2, -0.15) is 0 Å².